The van der Waals surface area contributed by atoms with E-state index in [9.17, 15) is 14.9 Å². The normalized spacial score (nSPS) is 14.5. The molecule has 11 heteroatoms. The van der Waals surface area contributed by atoms with E-state index in [0.29, 0.717) is 46.4 Å². The smallest absolute Gasteiger partial charge is 0.274 e. The first kappa shape index (κ1) is 26.3. The number of hydrogen-bond donors (Lipinski definition) is 0. The Morgan fingerprint density at radius 1 is 0.868 bits per heavy atom. The van der Waals surface area contributed by atoms with Crippen LogP contribution in [-0.2, 0) is 0 Å². The lowest BCUT2D eigenvalue weighted by molar-refractivity contribution is -0.384. The van der Waals surface area contributed by atoms with Crippen molar-refractivity contribution >= 4 is 17.3 Å². The average molecular weight is 522 g/mol. The van der Waals surface area contributed by atoms with E-state index in [-0.39, 0.29) is 11.3 Å². The van der Waals surface area contributed by atoms with Crippen molar-refractivity contribution in [3.63, 3.8) is 0 Å². The summed E-state index contributed by atoms with van der Waals surface area (Å²) in [6, 6.07) is 14.0. The maximum absolute atomic E-state index is 13.9. The van der Waals surface area contributed by atoms with Gasteiger partial charge >= 0.3 is 0 Å². The van der Waals surface area contributed by atoms with Gasteiger partial charge in [-0.05, 0) is 35.9 Å². The molecule has 0 N–H and O–H groups in total. The van der Waals surface area contributed by atoms with Gasteiger partial charge in [0.1, 0.15) is 0 Å². The van der Waals surface area contributed by atoms with Gasteiger partial charge in [-0.15, -0.1) is 0 Å². The van der Waals surface area contributed by atoms with E-state index in [1.165, 1.54) is 57.7 Å². The minimum absolute atomic E-state index is 0.0812. The van der Waals surface area contributed by atoms with E-state index in [1.807, 2.05) is 6.07 Å². The quantitative estimate of drug-likeness (QED) is 0.295. The number of hydrazone groups is 1. The summed E-state index contributed by atoms with van der Waals surface area (Å²) in [5.74, 6) is 1.58. The van der Waals surface area contributed by atoms with E-state index < -0.39 is 16.9 Å². The topological polar surface area (TPSA) is 122 Å². The first-order valence-corrected chi connectivity index (χ1v) is 11.5. The van der Waals surface area contributed by atoms with Gasteiger partial charge in [0.25, 0.3) is 11.6 Å². The summed E-state index contributed by atoms with van der Waals surface area (Å²) in [5.41, 5.74) is 2.05. The lowest BCUT2D eigenvalue weighted by atomic mass is 9.97. The van der Waals surface area contributed by atoms with Crippen molar-refractivity contribution in [1.29, 1.82) is 0 Å². The number of benzene rings is 3. The van der Waals surface area contributed by atoms with Crippen molar-refractivity contribution in [1.82, 2.24) is 5.01 Å². The highest BCUT2D eigenvalue weighted by Crippen LogP contribution is 2.41. The van der Waals surface area contributed by atoms with Gasteiger partial charge < -0.3 is 23.7 Å². The second kappa shape index (κ2) is 11.1. The van der Waals surface area contributed by atoms with Gasteiger partial charge in [-0.25, -0.2) is 5.01 Å². The largest absolute Gasteiger partial charge is 0.493 e. The molecule has 0 fully saturated rings. The van der Waals surface area contributed by atoms with E-state index in [4.69, 9.17) is 23.7 Å². The van der Waals surface area contributed by atoms with Crippen LogP contribution < -0.4 is 23.7 Å². The van der Waals surface area contributed by atoms with Crippen molar-refractivity contribution in [2.45, 2.75) is 12.5 Å². The van der Waals surface area contributed by atoms with Crippen LogP contribution in [0.5, 0.6) is 28.7 Å². The van der Waals surface area contributed by atoms with Crippen LogP contribution in [0.1, 0.15) is 33.9 Å². The molecular weight excluding hydrogens is 494 g/mol. The van der Waals surface area contributed by atoms with Crippen LogP contribution in [0.2, 0.25) is 0 Å². The number of amides is 1. The molecule has 0 radical (unpaired) electrons. The number of non-ortho nitro benzene ring substituents is 1. The van der Waals surface area contributed by atoms with Gasteiger partial charge in [-0.3, -0.25) is 14.9 Å². The Morgan fingerprint density at radius 2 is 1.53 bits per heavy atom. The lowest BCUT2D eigenvalue weighted by Gasteiger charge is -2.23. The van der Waals surface area contributed by atoms with Crippen molar-refractivity contribution in [3.8, 4) is 28.7 Å². The summed E-state index contributed by atoms with van der Waals surface area (Å²) in [4.78, 5) is 24.9. The molecule has 0 saturated carbocycles. The molecule has 3 aromatic carbocycles. The second-order valence-electron chi connectivity index (χ2n) is 8.25. The van der Waals surface area contributed by atoms with E-state index in [2.05, 4.69) is 5.10 Å². The SMILES string of the molecule is COc1ccc(C2=NN(C(=O)c3cc(OC)c(OC)c(OC)c3)[C@H](c3cccc([N+](=O)[O-])c3)C2)cc1OC. The van der Waals surface area contributed by atoms with Crippen molar-refractivity contribution in [2.75, 3.05) is 35.5 Å². The Balaban J connectivity index is 1.82. The molecule has 1 amide bonds. The zero-order valence-corrected chi connectivity index (χ0v) is 21.6. The summed E-state index contributed by atoms with van der Waals surface area (Å²) >= 11 is 0. The van der Waals surface area contributed by atoms with Gasteiger partial charge in [0, 0.05) is 29.7 Å². The number of ether oxygens (including phenoxy) is 5. The number of rotatable bonds is 9. The first-order chi connectivity index (χ1) is 18.3. The zero-order valence-electron chi connectivity index (χ0n) is 21.6. The van der Waals surface area contributed by atoms with Crippen LogP contribution in [0.25, 0.3) is 0 Å². The summed E-state index contributed by atoms with van der Waals surface area (Å²) in [5, 5.41) is 17.5. The fraction of sp³-hybridized carbons (Fsp3) is 0.259. The number of carbonyl (C=O) groups excluding carboxylic acids is 1. The number of nitro benzene ring substituents is 1. The van der Waals surface area contributed by atoms with Crippen molar-refractivity contribution < 1.29 is 33.4 Å². The van der Waals surface area contributed by atoms with Crippen LogP contribution in [0.15, 0.2) is 59.7 Å². The summed E-state index contributed by atoms with van der Waals surface area (Å²) in [7, 11) is 7.46. The molecule has 198 valence electrons. The van der Waals surface area contributed by atoms with Crippen LogP contribution in [0, 0.1) is 10.1 Å². The maximum atomic E-state index is 13.9. The van der Waals surface area contributed by atoms with E-state index >= 15 is 0 Å². The highest BCUT2D eigenvalue weighted by molar-refractivity contribution is 6.05. The predicted octanol–water partition coefficient (Wildman–Crippen LogP) is 4.63. The highest BCUT2D eigenvalue weighted by atomic mass is 16.6. The molecule has 1 atom stereocenters. The fourth-order valence-electron chi connectivity index (χ4n) is 4.33. The van der Waals surface area contributed by atoms with Gasteiger partial charge in [0.15, 0.2) is 23.0 Å². The van der Waals surface area contributed by atoms with Crippen molar-refractivity contribution in [3.05, 3.63) is 81.4 Å². The molecule has 1 aliphatic rings. The van der Waals surface area contributed by atoms with Gasteiger partial charge in [0.05, 0.1) is 52.2 Å². The molecule has 0 bridgehead atoms. The van der Waals surface area contributed by atoms with Crippen LogP contribution in [-0.4, -0.2) is 57.1 Å². The molecule has 0 unspecified atom stereocenters. The molecule has 11 nitrogen and oxygen atoms in total. The molecule has 4 rings (SSSR count). The third kappa shape index (κ3) is 4.90. The summed E-state index contributed by atoms with van der Waals surface area (Å²) in [6.45, 7) is 0. The maximum Gasteiger partial charge on any atom is 0.274 e. The van der Waals surface area contributed by atoms with Crippen LogP contribution in [0.3, 0.4) is 0 Å². The lowest BCUT2D eigenvalue weighted by Crippen LogP contribution is -2.27. The summed E-state index contributed by atoms with van der Waals surface area (Å²) < 4.78 is 27.0. The number of carbonyl (C=O) groups is 1. The summed E-state index contributed by atoms with van der Waals surface area (Å²) in [6.07, 6.45) is 0.312. The molecule has 38 heavy (non-hydrogen) atoms. The molecule has 0 spiro atoms. The molecule has 0 aliphatic carbocycles. The molecule has 1 aliphatic heterocycles. The van der Waals surface area contributed by atoms with E-state index in [0.717, 1.165) is 5.56 Å². The number of nitro groups is 1. The second-order valence-corrected chi connectivity index (χ2v) is 8.25. The molecule has 0 saturated heterocycles. The third-order valence-corrected chi connectivity index (χ3v) is 6.21. The number of methoxy groups -OCH3 is 5. The zero-order chi connectivity index (χ0) is 27.4. The highest BCUT2D eigenvalue weighted by Gasteiger charge is 2.35. The standard InChI is InChI=1S/C27H27N3O8/c1-34-22-10-9-16(12-23(22)35-2)20-15-21(17-7-6-8-19(11-17)30(32)33)29(28-20)27(31)18-13-24(36-3)26(38-5)25(14-18)37-4/h6-14,21H,15H2,1-5H3/t21-/m0/s1. The minimum atomic E-state index is -0.607. The fourth-order valence-corrected chi connectivity index (χ4v) is 4.33. The van der Waals surface area contributed by atoms with Crippen LogP contribution >= 0.6 is 0 Å². The third-order valence-electron chi connectivity index (χ3n) is 6.21. The Kier molecular flexibility index (Phi) is 7.66. The molecule has 3 aromatic rings. The Bertz CT molecular complexity index is 1380. The van der Waals surface area contributed by atoms with Crippen molar-refractivity contribution in [2.24, 2.45) is 5.10 Å². The predicted molar refractivity (Wildman–Crippen MR) is 139 cm³/mol. The molecule has 1 heterocycles. The van der Waals surface area contributed by atoms with E-state index in [1.54, 1.807) is 31.4 Å². The minimum Gasteiger partial charge on any atom is -0.493 e. The Hall–Kier alpha value is -4.80. The van der Waals surface area contributed by atoms with Gasteiger partial charge in [-0.1, -0.05) is 12.1 Å². The Morgan fingerprint density at radius 3 is 2.11 bits per heavy atom. The van der Waals surface area contributed by atoms with Gasteiger partial charge in [-0.2, -0.15) is 5.10 Å². The number of hydrogen-bond acceptors (Lipinski definition) is 9. The monoisotopic (exact) mass is 521 g/mol. The number of nitrogens with zero attached hydrogens (tertiary/aromatic N) is 3. The molecule has 0 aromatic heterocycles. The average Bonchev–Trinajstić information content (AvgIpc) is 3.41. The van der Waals surface area contributed by atoms with Gasteiger partial charge in [0.2, 0.25) is 5.75 Å². The molecular formula is C27H27N3O8. The first-order valence-electron chi connectivity index (χ1n) is 11.5. The Labute approximate surface area is 219 Å². The van der Waals surface area contributed by atoms with Crippen LogP contribution in [0.4, 0.5) is 5.69 Å².